The van der Waals surface area contributed by atoms with E-state index < -0.39 is 5.82 Å². The molecule has 1 aliphatic rings. The van der Waals surface area contributed by atoms with Crippen LogP contribution in [-0.4, -0.2) is 26.2 Å². The van der Waals surface area contributed by atoms with E-state index in [2.05, 4.69) is 12.2 Å². The summed E-state index contributed by atoms with van der Waals surface area (Å²) in [7, 11) is 1.55. The summed E-state index contributed by atoms with van der Waals surface area (Å²) in [6.07, 6.45) is 1.97. The molecular formula is C20H24FNO4. The molecule has 1 fully saturated rings. The van der Waals surface area contributed by atoms with Gasteiger partial charge in [-0.15, -0.1) is 0 Å². The third kappa shape index (κ3) is 4.85. The Morgan fingerprint density at radius 2 is 2.12 bits per heavy atom. The predicted octanol–water partition coefficient (Wildman–Crippen LogP) is 4.14. The maximum Gasteiger partial charge on any atom is 0.224 e. The minimum Gasteiger partial charge on any atom is -0.488 e. The van der Waals surface area contributed by atoms with Crippen molar-refractivity contribution in [3.8, 4) is 5.75 Å². The molecule has 140 valence electrons. The molecule has 2 atom stereocenters. The van der Waals surface area contributed by atoms with Gasteiger partial charge in [0.2, 0.25) is 5.91 Å². The summed E-state index contributed by atoms with van der Waals surface area (Å²) in [6, 6.07) is 8.29. The quantitative estimate of drug-likeness (QED) is 0.682. The highest BCUT2D eigenvalue weighted by Crippen LogP contribution is 2.47. The summed E-state index contributed by atoms with van der Waals surface area (Å²) in [5, 5.41) is 2.70. The fourth-order valence-electron chi connectivity index (χ4n) is 2.84. The van der Waals surface area contributed by atoms with E-state index in [1.807, 2.05) is 12.1 Å². The van der Waals surface area contributed by atoms with Crippen LogP contribution in [0.5, 0.6) is 5.75 Å². The van der Waals surface area contributed by atoms with Crippen LogP contribution in [0.2, 0.25) is 0 Å². The van der Waals surface area contributed by atoms with Gasteiger partial charge < -0.3 is 19.2 Å². The van der Waals surface area contributed by atoms with Crippen LogP contribution >= 0.6 is 0 Å². The Balaban J connectivity index is 1.47. The van der Waals surface area contributed by atoms with Crippen LogP contribution < -0.4 is 10.1 Å². The van der Waals surface area contributed by atoms with Gasteiger partial charge in [0.15, 0.2) is 11.6 Å². The minimum absolute atomic E-state index is 0.137. The van der Waals surface area contributed by atoms with Crippen molar-refractivity contribution in [2.45, 2.75) is 32.1 Å². The predicted molar refractivity (Wildman–Crippen MR) is 96.0 cm³/mol. The maximum atomic E-state index is 14.0. The summed E-state index contributed by atoms with van der Waals surface area (Å²) in [4.78, 5) is 12.1. The minimum atomic E-state index is -0.520. The molecule has 1 amide bonds. The van der Waals surface area contributed by atoms with Crippen molar-refractivity contribution < 1.29 is 23.1 Å². The van der Waals surface area contributed by atoms with Gasteiger partial charge in [-0.05, 0) is 36.6 Å². The average molecular weight is 361 g/mol. The van der Waals surface area contributed by atoms with Crippen LogP contribution in [0.4, 0.5) is 10.1 Å². The molecule has 0 radical (unpaired) electrons. The highest BCUT2D eigenvalue weighted by molar-refractivity contribution is 5.90. The molecule has 3 rings (SSSR count). The summed E-state index contributed by atoms with van der Waals surface area (Å²) in [5.74, 6) is 2.47. The Labute approximate surface area is 152 Å². The van der Waals surface area contributed by atoms with Crippen molar-refractivity contribution in [2.24, 2.45) is 5.92 Å². The van der Waals surface area contributed by atoms with Crippen molar-refractivity contribution >= 4 is 11.6 Å². The van der Waals surface area contributed by atoms with Crippen molar-refractivity contribution in [2.75, 3.05) is 25.6 Å². The van der Waals surface area contributed by atoms with Gasteiger partial charge in [-0.1, -0.05) is 6.92 Å². The van der Waals surface area contributed by atoms with Crippen LogP contribution in [0.1, 0.15) is 37.2 Å². The average Bonchev–Trinajstić information content (AvgIpc) is 3.16. The number of aryl methyl sites for hydroxylation is 1. The number of rotatable bonds is 9. The lowest BCUT2D eigenvalue weighted by Gasteiger charge is -2.09. The van der Waals surface area contributed by atoms with E-state index in [-0.39, 0.29) is 24.7 Å². The first kappa shape index (κ1) is 18.5. The SMILES string of the molecule is COCCOc1ccc(NC(=O)CCc2ccc(C3CC3C)o2)cc1F. The zero-order valence-corrected chi connectivity index (χ0v) is 15.1. The molecule has 1 aromatic carbocycles. The summed E-state index contributed by atoms with van der Waals surface area (Å²) < 4.78 is 29.9. The van der Waals surface area contributed by atoms with Crippen LogP contribution in [0.15, 0.2) is 34.7 Å². The van der Waals surface area contributed by atoms with Crippen molar-refractivity contribution in [1.82, 2.24) is 0 Å². The summed E-state index contributed by atoms with van der Waals surface area (Å²) in [5.41, 5.74) is 0.401. The van der Waals surface area contributed by atoms with Gasteiger partial charge in [-0.25, -0.2) is 4.39 Å². The lowest BCUT2D eigenvalue weighted by atomic mass is 10.2. The molecule has 0 aliphatic heterocycles. The Kier molecular flexibility index (Phi) is 5.93. The number of halogens is 1. The van der Waals surface area contributed by atoms with E-state index in [1.165, 1.54) is 18.6 Å². The van der Waals surface area contributed by atoms with E-state index in [1.54, 1.807) is 13.2 Å². The van der Waals surface area contributed by atoms with Gasteiger partial charge in [-0.2, -0.15) is 0 Å². The van der Waals surface area contributed by atoms with E-state index in [0.29, 0.717) is 30.6 Å². The van der Waals surface area contributed by atoms with E-state index in [9.17, 15) is 9.18 Å². The molecular weight excluding hydrogens is 337 g/mol. The number of hydrogen-bond acceptors (Lipinski definition) is 4. The fourth-order valence-corrected chi connectivity index (χ4v) is 2.84. The Morgan fingerprint density at radius 1 is 1.31 bits per heavy atom. The van der Waals surface area contributed by atoms with E-state index >= 15 is 0 Å². The zero-order chi connectivity index (χ0) is 18.5. The molecule has 0 bridgehead atoms. The van der Waals surface area contributed by atoms with Gasteiger partial charge in [0, 0.05) is 37.6 Å². The number of anilines is 1. The number of carbonyl (C=O) groups is 1. The largest absolute Gasteiger partial charge is 0.488 e. The standard InChI is InChI=1S/C20H24FNO4/c1-13-11-16(13)18-7-4-15(26-18)5-8-20(23)22-14-3-6-19(17(21)12-14)25-10-9-24-2/h3-4,6-7,12-13,16H,5,8-11H2,1-2H3,(H,22,23). The monoisotopic (exact) mass is 361 g/mol. The maximum absolute atomic E-state index is 14.0. The second-order valence-electron chi connectivity index (χ2n) is 6.66. The Bertz CT molecular complexity index is 758. The highest BCUT2D eigenvalue weighted by Gasteiger charge is 2.36. The van der Waals surface area contributed by atoms with Crippen LogP contribution in [0.3, 0.4) is 0 Å². The van der Waals surface area contributed by atoms with Gasteiger partial charge in [0.05, 0.1) is 6.61 Å². The first-order chi connectivity index (χ1) is 12.6. The number of benzene rings is 1. The van der Waals surface area contributed by atoms with Crippen LogP contribution in [0, 0.1) is 11.7 Å². The molecule has 1 heterocycles. The molecule has 2 unspecified atom stereocenters. The molecule has 0 spiro atoms. The number of nitrogens with one attached hydrogen (secondary N) is 1. The number of methoxy groups -OCH3 is 1. The van der Waals surface area contributed by atoms with Crippen LogP contribution in [0.25, 0.3) is 0 Å². The van der Waals surface area contributed by atoms with Gasteiger partial charge in [0.1, 0.15) is 18.1 Å². The second kappa shape index (κ2) is 8.36. The number of hydrogen-bond donors (Lipinski definition) is 1. The molecule has 6 heteroatoms. The molecule has 5 nitrogen and oxygen atoms in total. The first-order valence-electron chi connectivity index (χ1n) is 8.86. The number of furan rings is 1. The lowest BCUT2D eigenvalue weighted by molar-refractivity contribution is -0.116. The normalized spacial score (nSPS) is 18.6. The summed E-state index contributed by atoms with van der Waals surface area (Å²) in [6.45, 7) is 2.85. The smallest absolute Gasteiger partial charge is 0.224 e. The molecule has 1 aromatic heterocycles. The number of carbonyl (C=O) groups excluding carboxylic acids is 1. The highest BCUT2D eigenvalue weighted by atomic mass is 19.1. The molecule has 26 heavy (non-hydrogen) atoms. The van der Waals surface area contributed by atoms with Crippen LogP contribution in [-0.2, 0) is 16.0 Å². The van der Waals surface area contributed by atoms with E-state index in [4.69, 9.17) is 13.9 Å². The molecule has 1 aliphatic carbocycles. The Morgan fingerprint density at radius 3 is 2.81 bits per heavy atom. The molecule has 2 aromatic rings. The second-order valence-corrected chi connectivity index (χ2v) is 6.66. The van der Waals surface area contributed by atoms with Crippen molar-refractivity contribution in [1.29, 1.82) is 0 Å². The fraction of sp³-hybridized carbons (Fsp3) is 0.450. The summed E-state index contributed by atoms with van der Waals surface area (Å²) >= 11 is 0. The zero-order valence-electron chi connectivity index (χ0n) is 15.1. The number of amides is 1. The van der Waals surface area contributed by atoms with Gasteiger partial charge in [0.25, 0.3) is 0 Å². The number of ether oxygens (including phenoxy) is 2. The van der Waals surface area contributed by atoms with Gasteiger partial charge in [-0.3, -0.25) is 4.79 Å². The Hall–Kier alpha value is -2.34. The third-order valence-electron chi connectivity index (χ3n) is 4.52. The first-order valence-corrected chi connectivity index (χ1v) is 8.86. The topological polar surface area (TPSA) is 60.7 Å². The van der Waals surface area contributed by atoms with Crippen molar-refractivity contribution in [3.05, 3.63) is 47.7 Å². The molecule has 1 saturated carbocycles. The van der Waals surface area contributed by atoms with Crippen molar-refractivity contribution in [3.63, 3.8) is 0 Å². The lowest BCUT2D eigenvalue weighted by Crippen LogP contribution is -2.12. The molecule has 1 N–H and O–H groups in total. The third-order valence-corrected chi connectivity index (χ3v) is 4.52. The van der Waals surface area contributed by atoms with Gasteiger partial charge >= 0.3 is 0 Å². The molecule has 0 saturated heterocycles. The van der Waals surface area contributed by atoms with E-state index in [0.717, 1.165) is 11.5 Å².